The third kappa shape index (κ3) is 3.20. The molecule has 6 nitrogen and oxygen atoms in total. The highest BCUT2D eigenvalue weighted by atomic mass is 32.1. The molecule has 7 heteroatoms. The third-order valence-corrected chi connectivity index (χ3v) is 6.11. The lowest BCUT2D eigenvalue weighted by Crippen LogP contribution is -2.55. The van der Waals surface area contributed by atoms with Gasteiger partial charge in [-0.15, -0.1) is 11.3 Å². The highest BCUT2D eigenvalue weighted by Crippen LogP contribution is 2.32. The van der Waals surface area contributed by atoms with E-state index < -0.39 is 0 Å². The maximum atomic E-state index is 12.8. The Balaban J connectivity index is 1.62. The number of carbonyl (C=O) groups excluding carboxylic acids is 1. The van der Waals surface area contributed by atoms with Crippen molar-refractivity contribution in [3.05, 3.63) is 17.0 Å². The smallest absolute Gasteiger partial charge is 0.245 e. The second-order valence-corrected chi connectivity index (χ2v) is 7.26. The second kappa shape index (κ2) is 7.62. The molecule has 0 radical (unpaired) electrons. The fourth-order valence-corrected chi connectivity index (χ4v) is 4.60. The highest BCUT2D eigenvalue weighted by Gasteiger charge is 2.39. The van der Waals surface area contributed by atoms with E-state index in [1.165, 1.54) is 11.3 Å². The highest BCUT2D eigenvalue weighted by molar-refractivity contribution is 7.14. The molecular formula is C17H24N4O2S. The quantitative estimate of drug-likeness (QED) is 0.863. The minimum atomic E-state index is -0.0741. The van der Waals surface area contributed by atoms with Crippen molar-refractivity contribution in [1.29, 1.82) is 5.26 Å². The van der Waals surface area contributed by atoms with Crippen molar-refractivity contribution in [2.24, 2.45) is 0 Å². The molecule has 2 saturated heterocycles. The Labute approximate surface area is 146 Å². The van der Waals surface area contributed by atoms with Crippen LogP contribution in [-0.2, 0) is 4.79 Å². The number of nitriles is 1. The topological polar surface area (TPSA) is 70.8 Å². The zero-order valence-electron chi connectivity index (χ0n) is 14.0. The minimum Gasteiger partial charge on any atom is -0.395 e. The van der Waals surface area contributed by atoms with Gasteiger partial charge in [0.25, 0.3) is 0 Å². The van der Waals surface area contributed by atoms with Crippen molar-refractivity contribution in [1.82, 2.24) is 9.80 Å². The summed E-state index contributed by atoms with van der Waals surface area (Å²) in [4.78, 5) is 19.2. The van der Waals surface area contributed by atoms with E-state index in [4.69, 9.17) is 0 Å². The van der Waals surface area contributed by atoms with Gasteiger partial charge in [0.05, 0.1) is 18.2 Å². The number of hydrogen-bond donors (Lipinski definition) is 1. The number of thiophene rings is 1. The summed E-state index contributed by atoms with van der Waals surface area (Å²) in [5.41, 5.74) is 0.590. The Hall–Kier alpha value is -1.46. The number of hydrogen-bond acceptors (Lipinski definition) is 6. The molecule has 1 N–H and O–H groups in total. The number of nitrogens with zero attached hydrogens (tertiary/aromatic N) is 4. The van der Waals surface area contributed by atoms with Crippen LogP contribution in [-0.4, -0.2) is 72.2 Å². The van der Waals surface area contributed by atoms with E-state index >= 15 is 0 Å². The molecule has 3 rings (SSSR count). The van der Waals surface area contributed by atoms with Gasteiger partial charge in [-0.1, -0.05) is 6.92 Å². The molecule has 1 aromatic rings. The van der Waals surface area contributed by atoms with Crippen LogP contribution >= 0.6 is 11.3 Å². The Morgan fingerprint density at radius 1 is 1.38 bits per heavy atom. The summed E-state index contributed by atoms with van der Waals surface area (Å²) in [7, 11) is 0. The lowest BCUT2D eigenvalue weighted by atomic mass is 10.1. The average molecular weight is 348 g/mol. The second-order valence-electron chi connectivity index (χ2n) is 6.36. The maximum Gasteiger partial charge on any atom is 0.245 e. The van der Waals surface area contributed by atoms with Gasteiger partial charge in [-0.05, 0) is 24.3 Å². The van der Waals surface area contributed by atoms with Gasteiger partial charge in [0.1, 0.15) is 11.1 Å². The number of carbonyl (C=O) groups is 1. The van der Waals surface area contributed by atoms with E-state index in [1.807, 2.05) is 5.38 Å². The summed E-state index contributed by atoms with van der Waals surface area (Å²) in [6.45, 7) is 6.48. The molecule has 130 valence electrons. The molecule has 2 aliphatic heterocycles. The van der Waals surface area contributed by atoms with Gasteiger partial charge in [-0.2, -0.15) is 5.26 Å². The molecule has 0 unspecified atom stereocenters. The lowest BCUT2D eigenvalue weighted by molar-refractivity contribution is -0.122. The van der Waals surface area contributed by atoms with Crippen LogP contribution in [0.3, 0.4) is 0 Å². The monoisotopic (exact) mass is 348 g/mol. The molecule has 3 heterocycles. The van der Waals surface area contributed by atoms with Crippen molar-refractivity contribution < 1.29 is 9.90 Å². The fraction of sp³-hybridized carbons (Fsp3) is 0.647. The largest absolute Gasteiger partial charge is 0.395 e. The van der Waals surface area contributed by atoms with Gasteiger partial charge in [0.15, 0.2) is 0 Å². The Kier molecular flexibility index (Phi) is 5.51. The Morgan fingerprint density at radius 2 is 2.12 bits per heavy atom. The Bertz CT molecular complexity index is 614. The number of rotatable bonds is 5. The zero-order chi connectivity index (χ0) is 17.1. The minimum absolute atomic E-state index is 0.0741. The average Bonchev–Trinajstić information content (AvgIpc) is 3.22. The van der Waals surface area contributed by atoms with Crippen LogP contribution in [0.25, 0.3) is 0 Å². The molecule has 1 aromatic heterocycles. The summed E-state index contributed by atoms with van der Waals surface area (Å²) in [5.74, 6) is 0.122. The van der Waals surface area contributed by atoms with Gasteiger partial charge in [-0.25, -0.2) is 0 Å². The predicted molar refractivity (Wildman–Crippen MR) is 94.1 cm³/mol. The summed E-state index contributed by atoms with van der Waals surface area (Å²) in [6.07, 6.45) is 1.76. The number of piperazine rings is 1. The first kappa shape index (κ1) is 17.4. The first-order valence-electron chi connectivity index (χ1n) is 8.57. The molecule has 24 heavy (non-hydrogen) atoms. The Morgan fingerprint density at radius 3 is 2.75 bits per heavy atom. The summed E-state index contributed by atoms with van der Waals surface area (Å²) in [5, 5.41) is 21.3. The van der Waals surface area contributed by atoms with Crippen molar-refractivity contribution in [2.75, 3.05) is 44.2 Å². The van der Waals surface area contributed by atoms with Gasteiger partial charge < -0.3 is 10.0 Å². The fourth-order valence-electron chi connectivity index (χ4n) is 3.72. The van der Waals surface area contributed by atoms with E-state index in [0.717, 1.165) is 44.0 Å². The molecule has 0 spiro atoms. The van der Waals surface area contributed by atoms with E-state index in [-0.39, 0.29) is 24.6 Å². The molecular weight excluding hydrogens is 324 g/mol. The molecule has 2 fully saturated rings. The zero-order valence-corrected chi connectivity index (χ0v) is 14.8. The number of aliphatic hydroxyl groups excluding tert-OH is 1. The van der Waals surface area contributed by atoms with Crippen molar-refractivity contribution in [2.45, 2.75) is 31.8 Å². The maximum absolute atomic E-state index is 12.8. The van der Waals surface area contributed by atoms with Gasteiger partial charge >= 0.3 is 0 Å². The summed E-state index contributed by atoms with van der Waals surface area (Å²) < 4.78 is 0. The summed E-state index contributed by atoms with van der Waals surface area (Å²) in [6, 6.07) is 4.10. The van der Waals surface area contributed by atoms with E-state index in [9.17, 15) is 15.2 Å². The first-order valence-corrected chi connectivity index (χ1v) is 9.45. The SMILES string of the molecule is CC[C@@H](CO)N1CCN([C@@H]2CCN(c3sccc3C#N)C2=O)CC1. The van der Waals surface area contributed by atoms with Gasteiger partial charge in [0.2, 0.25) is 5.91 Å². The van der Waals surface area contributed by atoms with Gasteiger partial charge in [0, 0.05) is 38.8 Å². The predicted octanol–water partition coefficient (Wildman–Crippen LogP) is 1.11. The van der Waals surface area contributed by atoms with Crippen molar-refractivity contribution in [3.63, 3.8) is 0 Å². The van der Waals surface area contributed by atoms with E-state index in [0.29, 0.717) is 12.1 Å². The number of amides is 1. The van der Waals surface area contributed by atoms with Crippen LogP contribution in [0.2, 0.25) is 0 Å². The van der Waals surface area contributed by atoms with E-state index in [1.54, 1.807) is 11.0 Å². The third-order valence-electron chi connectivity index (χ3n) is 5.18. The molecule has 0 bridgehead atoms. The normalized spacial score (nSPS) is 24.3. The molecule has 0 saturated carbocycles. The van der Waals surface area contributed by atoms with Crippen molar-refractivity contribution in [3.8, 4) is 6.07 Å². The molecule has 0 aliphatic carbocycles. The van der Waals surface area contributed by atoms with Crippen LogP contribution < -0.4 is 4.90 Å². The standard InChI is InChI=1S/C17H24N4O2S/c1-2-14(12-22)19-6-8-20(9-7-19)15-3-5-21(16(15)23)17-13(11-18)4-10-24-17/h4,10,14-15,22H,2-3,5-9,12H2,1H3/t14-,15+/m0/s1. The molecule has 2 atom stereocenters. The number of anilines is 1. The van der Waals surface area contributed by atoms with Crippen LogP contribution in [0.5, 0.6) is 0 Å². The van der Waals surface area contributed by atoms with Crippen LogP contribution in [0.4, 0.5) is 5.00 Å². The summed E-state index contributed by atoms with van der Waals surface area (Å²) >= 11 is 1.46. The van der Waals surface area contributed by atoms with Crippen molar-refractivity contribution >= 4 is 22.2 Å². The molecule has 2 aliphatic rings. The van der Waals surface area contributed by atoms with Gasteiger partial charge in [-0.3, -0.25) is 14.6 Å². The first-order chi connectivity index (χ1) is 11.7. The van der Waals surface area contributed by atoms with Crippen LogP contribution in [0, 0.1) is 11.3 Å². The lowest BCUT2D eigenvalue weighted by Gasteiger charge is -2.40. The molecule has 0 aromatic carbocycles. The van der Waals surface area contributed by atoms with E-state index in [2.05, 4.69) is 22.8 Å². The number of aliphatic hydroxyl groups is 1. The van der Waals surface area contributed by atoms with Crippen LogP contribution in [0.1, 0.15) is 25.3 Å². The molecule has 1 amide bonds. The van der Waals surface area contributed by atoms with Crippen LogP contribution in [0.15, 0.2) is 11.4 Å².